The van der Waals surface area contributed by atoms with E-state index in [2.05, 4.69) is 17.0 Å². The lowest BCUT2D eigenvalue weighted by Crippen LogP contribution is -2.38. The van der Waals surface area contributed by atoms with Gasteiger partial charge in [-0.2, -0.15) is 5.10 Å². The van der Waals surface area contributed by atoms with E-state index in [4.69, 9.17) is 4.42 Å². The Hall–Kier alpha value is -3.75. The minimum Gasteiger partial charge on any atom is -0.478 e. The normalized spacial score (nSPS) is 16.8. The van der Waals surface area contributed by atoms with Crippen molar-refractivity contribution in [3.8, 4) is 11.3 Å². The highest BCUT2D eigenvalue weighted by atomic mass is 19.1. The van der Waals surface area contributed by atoms with Gasteiger partial charge in [0, 0.05) is 35.3 Å². The Morgan fingerprint density at radius 1 is 1.24 bits per heavy atom. The van der Waals surface area contributed by atoms with Gasteiger partial charge in [-0.1, -0.05) is 19.8 Å². The highest BCUT2D eigenvalue weighted by Gasteiger charge is 2.26. The first-order valence-electron chi connectivity index (χ1n) is 11.5. The predicted octanol–water partition coefficient (Wildman–Crippen LogP) is 4.95. The molecule has 34 heavy (non-hydrogen) atoms. The number of halogens is 1. The van der Waals surface area contributed by atoms with E-state index in [1.54, 1.807) is 16.6 Å². The quantitative estimate of drug-likeness (QED) is 0.459. The number of fused-ring (bicyclic) bond motifs is 2. The van der Waals surface area contributed by atoms with Crippen LogP contribution < -0.4 is 0 Å². The van der Waals surface area contributed by atoms with Crippen LogP contribution in [0.25, 0.3) is 27.9 Å². The molecule has 1 aliphatic rings. The summed E-state index contributed by atoms with van der Waals surface area (Å²) < 4.78 is 22.1. The Morgan fingerprint density at radius 3 is 2.82 bits per heavy atom. The summed E-state index contributed by atoms with van der Waals surface area (Å²) in [6.45, 7) is 4.75. The molecule has 4 heterocycles. The molecule has 0 aliphatic carbocycles. The molecule has 1 N–H and O–H groups in total. The van der Waals surface area contributed by atoms with E-state index in [0.717, 1.165) is 37.6 Å². The van der Waals surface area contributed by atoms with Gasteiger partial charge in [-0.25, -0.2) is 18.7 Å². The van der Waals surface area contributed by atoms with Gasteiger partial charge in [-0.15, -0.1) is 0 Å². The fourth-order valence-corrected chi connectivity index (χ4v) is 4.68. The number of hydrogen-bond donors (Lipinski definition) is 1. The maximum absolute atomic E-state index is 15.3. The average Bonchev–Trinajstić information content (AvgIpc) is 3.39. The zero-order chi connectivity index (χ0) is 24.0. The van der Waals surface area contributed by atoms with Gasteiger partial charge in [-0.3, -0.25) is 4.79 Å². The molecule has 1 atom stereocenters. The SMILES string of the molecule is CCc1cc(C(=O)N2CCCCC[C@H]2C)nc2cc(-c3ccc4c(C(=O)O)coc4c3F)nn12. The molecule has 3 aromatic heterocycles. The lowest BCUT2D eigenvalue weighted by Gasteiger charge is -2.27. The van der Waals surface area contributed by atoms with E-state index in [1.807, 2.05) is 11.8 Å². The molecule has 1 amide bonds. The second-order valence-electron chi connectivity index (χ2n) is 8.74. The maximum atomic E-state index is 15.3. The molecule has 1 aliphatic heterocycles. The molecule has 5 rings (SSSR count). The van der Waals surface area contributed by atoms with Crippen LogP contribution in [0.4, 0.5) is 4.39 Å². The molecule has 1 aromatic carbocycles. The third kappa shape index (κ3) is 3.61. The summed E-state index contributed by atoms with van der Waals surface area (Å²) in [5.74, 6) is -1.98. The van der Waals surface area contributed by atoms with Crippen LogP contribution in [0, 0.1) is 5.82 Å². The van der Waals surface area contributed by atoms with E-state index in [1.165, 1.54) is 12.1 Å². The van der Waals surface area contributed by atoms with Crippen LogP contribution in [0.3, 0.4) is 0 Å². The third-order valence-electron chi connectivity index (χ3n) is 6.58. The summed E-state index contributed by atoms with van der Waals surface area (Å²) in [6.07, 6.45) is 5.83. The number of aryl methyl sites for hydroxylation is 1. The number of carbonyl (C=O) groups is 2. The number of amides is 1. The van der Waals surface area contributed by atoms with E-state index >= 15 is 4.39 Å². The topological polar surface area (TPSA) is 101 Å². The summed E-state index contributed by atoms with van der Waals surface area (Å²) in [6, 6.07) is 6.54. The number of aromatic carboxylic acids is 1. The molecule has 8 nitrogen and oxygen atoms in total. The zero-order valence-electron chi connectivity index (χ0n) is 19.0. The molecular formula is C25H25FN4O4. The predicted molar refractivity (Wildman–Crippen MR) is 123 cm³/mol. The van der Waals surface area contributed by atoms with Crippen molar-refractivity contribution >= 4 is 28.5 Å². The Morgan fingerprint density at radius 2 is 2.06 bits per heavy atom. The first-order valence-corrected chi connectivity index (χ1v) is 11.5. The first kappa shape index (κ1) is 22.1. The molecule has 0 unspecified atom stereocenters. The highest BCUT2D eigenvalue weighted by Crippen LogP contribution is 2.32. The molecule has 9 heteroatoms. The summed E-state index contributed by atoms with van der Waals surface area (Å²) >= 11 is 0. The van der Waals surface area contributed by atoms with Crippen molar-refractivity contribution in [2.45, 2.75) is 52.0 Å². The van der Waals surface area contributed by atoms with Gasteiger partial charge in [0.25, 0.3) is 5.91 Å². The standard InChI is InChI=1S/C25H25FN4O4/c1-3-15-11-20(24(31)29-10-6-4-5-7-14(29)2)27-21-12-19(28-30(15)21)17-9-8-16-18(25(32)33)13-34-23(16)22(17)26/h8-9,11-14H,3-7,10H2,1-2H3,(H,32,33)/t14-/m1/s1. The van der Waals surface area contributed by atoms with E-state index in [9.17, 15) is 14.7 Å². The smallest absolute Gasteiger partial charge is 0.339 e. The Kier molecular flexibility index (Phi) is 5.55. The number of nitrogens with zero attached hydrogens (tertiary/aromatic N) is 4. The van der Waals surface area contributed by atoms with E-state index in [-0.39, 0.29) is 34.0 Å². The van der Waals surface area contributed by atoms with Crippen molar-refractivity contribution in [3.63, 3.8) is 0 Å². The van der Waals surface area contributed by atoms with Crippen LogP contribution in [0.1, 0.15) is 66.1 Å². The molecule has 0 radical (unpaired) electrons. The second kappa shape index (κ2) is 8.55. The van der Waals surface area contributed by atoms with Crippen LogP contribution >= 0.6 is 0 Å². The minimum absolute atomic E-state index is 0.0984. The van der Waals surface area contributed by atoms with Gasteiger partial charge in [0.1, 0.15) is 17.5 Å². The highest BCUT2D eigenvalue weighted by molar-refractivity contribution is 6.03. The molecule has 176 valence electrons. The summed E-state index contributed by atoms with van der Waals surface area (Å²) in [5, 5.41) is 14.0. The third-order valence-corrected chi connectivity index (χ3v) is 6.58. The fraction of sp³-hybridized carbons (Fsp3) is 0.360. The van der Waals surface area contributed by atoms with Crippen molar-refractivity contribution in [1.82, 2.24) is 19.5 Å². The number of likely N-dealkylation sites (tertiary alicyclic amines) is 1. The number of carbonyl (C=O) groups excluding carboxylic acids is 1. The van der Waals surface area contributed by atoms with Gasteiger partial charge >= 0.3 is 5.97 Å². The number of carboxylic acid groups (broad SMARTS) is 1. The Balaban J connectivity index is 1.58. The van der Waals surface area contributed by atoms with Crippen molar-refractivity contribution in [2.75, 3.05) is 6.54 Å². The molecule has 4 aromatic rings. The Labute approximate surface area is 195 Å². The molecular weight excluding hydrogens is 439 g/mol. The van der Waals surface area contributed by atoms with Crippen molar-refractivity contribution in [2.24, 2.45) is 0 Å². The molecule has 1 fully saturated rings. The van der Waals surface area contributed by atoms with Crippen molar-refractivity contribution in [1.29, 1.82) is 0 Å². The molecule has 0 spiro atoms. The Bertz CT molecular complexity index is 1420. The van der Waals surface area contributed by atoms with Gasteiger partial charge < -0.3 is 14.4 Å². The number of furan rings is 1. The van der Waals surface area contributed by atoms with Crippen LogP contribution in [0.5, 0.6) is 0 Å². The molecule has 0 saturated carbocycles. The lowest BCUT2D eigenvalue weighted by molar-refractivity contribution is 0.0685. The summed E-state index contributed by atoms with van der Waals surface area (Å²) in [4.78, 5) is 31.1. The van der Waals surface area contributed by atoms with Crippen LogP contribution in [0.15, 0.2) is 34.9 Å². The first-order chi connectivity index (χ1) is 16.4. The van der Waals surface area contributed by atoms with Crippen LogP contribution in [-0.4, -0.2) is 49.1 Å². The number of hydrogen-bond acceptors (Lipinski definition) is 5. The van der Waals surface area contributed by atoms with E-state index < -0.39 is 11.8 Å². The van der Waals surface area contributed by atoms with Gasteiger partial charge in [0.15, 0.2) is 17.0 Å². The summed E-state index contributed by atoms with van der Waals surface area (Å²) in [7, 11) is 0. The second-order valence-corrected chi connectivity index (χ2v) is 8.74. The van der Waals surface area contributed by atoms with E-state index in [0.29, 0.717) is 30.0 Å². The van der Waals surface area contributed by atoms with Crippen LogP contribution in [-0.2, 0) is 6.42 Å². The van der Waals surface area contributed by atoms with Gasteiger partial charge in [-0.05, 0) is 44.4 Å². The van der Waals surface area contributed by atoms with Crippen molar-refractivity contribution in [3.05, 3.63) is 53.3 Å². The van der Waals surface area contributed by atoms with Crippen molar-refractivity contribution < 1.29 is 23.5 Å². The zero-order valence-corrected chi connectivity index (χ0v) is 19.0. The number of carboxylic acids is 1. The van der Waals surface area contributed by atoms with Gasteiger partial charge in [0.05, 0.1) is 5.69 Å². The minimum atomic E-state index is -1.19. The number of aromatic nitrogens is 3. The fourth-order valence-electron chi connectivity index (χ4n) is 4.68. The monoisotopic (exact) mass is 464 g/mol. The van der Waals surface area contributed by atoms with Crippen LogP contribution in [0.2, 0.25) is 0 Å². The molecule has 1 saturated heterocycles. The van der Waals surface area contributed by atoms with Gasteiger partial charge in [0.2, 0.25) is 0 Å². The number of rotatable bonds is 4. The largest absolute Gasteiger partial charge is 0.478 e. The average molecular weight is 464 g/mol. The number of benzene rings is 1. The summed E-state index contributed by atoms with van der Waals surface area (Å²) in [5.41, 5.74) is 1.85. The molecule has 0 bridgehead atoms. The maximum Gasteiger partial charge on any atom is 0.339 e. The lowest BCUT2D eigenvalue weighted by atomic mass is 10.1.